The molecule has 0 atom stereocenters. The van der Waals surface area contributed by atoms with Crippen molar-refractivity contribution < 1.29 is 0 Å². The highest BCUT2D eigenvalue weighted by molar-refractivity contribution is 4.81. The highest BCUT2D eigenvalue weighted by atomic mass is 14.7. The molecule has 0 fully saturated rings. The Morgan fingerprint density at radius 2 is 1.75 bits per heavy atom. The van der Waals surface area contributed by atoms with Crippen LogP contribution in [0.2, 0.25) is 0 Å². The fourth-order valence-electron chi connectivity index (χ4n) is 0.372. The minimum Gasteiger partial charge on any atom is -0.330 e. The molecule has 0 aliphatic heterocycles. The van der Waals surface area contributed by atoms with Crippen LogP contribution in [0.5, 0.6) is 0 Å². The fraction of sp³-hybridized carbons (Fsp3) is 0.833. The van der Waals surface area contributed by atoms with Crippen LogP contribution in [0.1, 0.15) is 13.3 Å². The molecule has 0 aromatic rings. The van der Waals surface area contributed by atoms with Crippen LogP contribution in [-0.4, -0.2) is 13.1 Å². The maximum absolute atomic E-state index is 5.39. The Bertz CT molecular complexity index is 49.3. The van der Waals surface area contributed by atoms with Gasteiger partial charge in [-0.2, -0.15) is 0 Å². The van der Waals surface area contributed by atoms with Gasteiger partial charge in [0.2, 0.25) is 0 Å². The zero-order valence-electron chi connectivity index (χ0n) is 5.48. The van der Waals surface area contributed by atoms with Crippen LogP contribution >= 0.6 is 0 Å². The Morgan fingerprint density at radius 1 is 1.38 bits per heavy atom. The van der Waals surface area contributed by atoms with E-state index in [0.29, 0.717) is 13.1 Å². The third-order valence-corrected chi connectivity index (χ3v) is 1.62. The normalized spacial score (nSPS) is 12.0. The summed E-state index contributed by atoms with van der Waals surface area (Å²) in [6.07, 6.45) is 0.958. The molecule has 4 N–H and O–H groups in total. The van der Waals surface area contributed by atoms with Gasteiger partial charge in [0.15, 0.2) is 0 Å². The molecule has 2 nitrogen and oxygen atoms in total. The molecule has 0 aliphatic carbocycles. The van der Waals surface area contributed by atoms with E-state index in [-0.39, 0.29) is 5.41 Å². The lowest BCUT2D eigenvalue weighted by Crippen LogP contribution is -2.34. The van der Waals surface area contributed by atoms with E-state index >= 15 is 0 Å². The van der Waals surface area contributed by atoms with Crippen LogP contribution < -0.4 is 11.5 Å². The van der Waals surface area contributed by atoms with Gasteiger partial charge in [0.25, 0.3) is 0 Å². The molecule has 0 bridgehead atoms. The van der Waals surface area contributed by atoms with E-state index in [1.165, 1.54) is 0 Å². The lowest BCUT2D eigenvalue weighted by Gasteiger charge is -2.22. The molecule has 0 unspecified atom stereocenters. The quantitative estimate of drug-likeness (QED) is 0.549. The molecule has 0 aliphatic rings. The first kappa shape index (κ1) is 7.92. The molecule has 0 spiro atoms. The Labute approximate surface area is 51.2 Å². The van der Waals surface area contributed by atoms with E-state index in [9.17, 15) is 0 Å². The summed E-state index contributed by atoms with van der Waals surface area (Å²) in [5, 5.41) is 0. The summed E-state index contributed by atoms with van der Waals surface area (Å²) in [5.41, 5.74) is 10.7. The lowest BCUT2D eigenvalue weighted by atomic mass is 9.88. The second-order valence-corrected chi connectivity index (χ2v) is 2.26. The van der Waals surface area contributed by atoms with Crippen molar-refractivity contribution in [3.05, 3.63) is 6.92 Å². The lowest BCUT2D eigenvalue weighted by molar-refractivity contribution is 0.387. The van der Waals surface area contributed by atoms with E-state index in [1.807, 2.05) is 6.92 Å². The third-order valence-electron chi connectivity index (χ3n) is 1.62. The van der Waals surface area contributed by atoms with Crippen molar-refractivity contribution in [3.63, 3.8) is 0 Å². The van der Waals surface area contributed by atoms with Gasteiger partial charge in [-0.05, 0) is 31.8 Å². The zero-order chi connectivity index (χ0) is 6.62. The van der Waals surface area contributed by atoms with Gasteiger partial charge in [0.1, 0.15) is 0 Å². The number of hydrogen-bond donors (Lipinski definition) is 2. The second kappa shape index (κ2) is 3.05. The SMILES string of the molecule is [CH2]C(CC)(CN)CN. The molecule has 1 radical (unpaired) electrons. The molecule has 0 saturated carbocycles. The van der Waals surface area contributed by atoms with E-state index in [0.717, 1.165) is 6.42 Å². The standard InChI is InChI=1S/C6H15N2/c1-3-6(2,4-7)5-8/h2-5,7-8H2,1H3. The molecule has 49 valence electrons. The van der Waals surface area contributed by atoms with Crippen molar-refractivity contribution >= 4 is 0 Å². The Morgan fingerprint density at radius 3 is 1.75 bits per heavy atom. The summed E-state index contributed by atoms with van der Waals surface area (Å²) < 4.78 is 0. The van der Waals surface area contributed by atoms with Gasteiger partial charge in [-0.1, -0.05) is 6.92 Å². The van der Waals surface area contributed by atoms with Crippen molar-refractivity contribution in [1.82, 2.24) is 0 Å². The maximum atomic E-state index is 5.39. The Balaban J connectivity index is 3.58. The highest BCUT2D eigenvalue weighted by Crippen LogP contribution is 2.14. The average molecular weight is 115 g/mol. The largest absolute Gasteiger partial charge is 0.330 e. The van der Waals surface area contributed by atoms with Gasteiger partial charge < -0.3 is 11.5 Å². The van der Waals surface area contributed by atoms with Gasteiger partial charge in [-0.15, -0.1) is 0 Å². The summed E-state index contributed by atoms with van der Waals surface area (Å²) in [7, 11) is 0. The topological polar surface area (TPSA) is 52.0 Å². The van der Waals surface area contributed by atoms with Crippen LogP contribution in [-0.2, 0) is 0 Å². The first-order valence-electron chi connectivity index (χ1n) is 2.94. The van der Waals surface area contributed by atoms with Crippen molar-refractivity contribution in [3.8, 4) is 0 Å². The molecular weight excluding hydrogens is 100 g/mol. The molecular formula is C6H15N2. The van der Waals surface area contributed by atoms with Crippen LogP contribution in [0.25, 0.3) is 0 Å². The highest BCUT2D eigenvalue weighted by Gasteiger charge is 2.16. The van der Waals surface area contributed by atoms with E-state index in [2.05, 4.69) is 6.92 Å². The summed E-state index contributed by atoms with van der Waals surface area (Å²) in [6, 6.07) is 0. The van der Waals surface area contributed by atoms with Gasteiger partial charge in [0, 0.05) is 0 Å². The predicted molar refractivity (Wildman–Crippen MR) is 36.2 cm³/mol. The number of rotatable bonds is 3. The molecule has 0 aromatic heterocycles. The van der Waals surface area contributed by atoms with E-state index < -0.39 is 0 Å². The molecule has 0 aromatic carbocycles. The molecule has 8 heavy (non-hydrogen) atoms. The third kappa shape index (κ3) is 1.80. The summed E-state index contributed by atoms with van der Waals surface area (Å²) >= 11 is 0. The van der Waals surface area contributed by atoms with E-state index in [4.69, 9.17) is 11.5 Å². The summed E-state index contributed by atoms with van der Waals surface area (Å²) in [5.74, 6) is 0. The minimum absolute atomic E-state index is 0.0694. The first-order chi connectivity index (χ1) is 3.68. The van der Waals surface area contributed by atoms with Crippen LogP contribution in [0.4, 0.5) is 0 Å². The maximum Gasteiger partial charge on any atom is -0.000854 e. The van der Waals surface area contributed by atoms with Gasteiger partial charge in [-0.25, -0.2) is 0 Å². The van der Waals surface area contributed by atoms with Crippen molar-refractivity contribution in [2.45, 2.75) is 13.3 Å². The Hall–Kier alpha value is -0.0800. The Kier molecular flexibility index (Phi) is 3.02. The second-order valence-electron chi connectivity index (χ2n) is 2.26. The van der Waals surface area contributed by atoms with Crippen molar-refractivity contribution in [2.75, 3.05) is 13.1 Å². The first-order valence-corrected chi connectivity index (χ1v) is 2.94. The summed E-state index contributed by atoms with van der Waals surface area (Å²) in [6.45, 7) is 7.09. The average Bonchev–Trinajstić information content (AvgIpc) is 1.87. The molecule has 0 rings (SSSR count). The number of nitrogens with two attached hydrogens (primary N) is 2. The molecule has 0 amide bonds. The summed E-state index contributed by atoms with van der Waals surface area (Å²) in [4.78, 5) is 0. The molecule has 2 heteroatoms. The van der Waals surface area contributed by atoms with E-state index in [1.54, 1.807) is 0 Å². The van der Waals surface area contributed by atoms with Crippen molar-refractivity contribution in [2.24, 2.45) is 16.9 Å². The minimum atomic E-state index is -0.0694. The van der Waals surface area contributed by atoms with Crippen LogP contribution in [0.3, 0.4) is 0 Å². The van der Waals surface area contributed by atoms with Gasteiger partial charge in [0.05, 0.1) is 0 Å². The van der Waals surface area contributed by atoms with Crippen molar-refractivity contribution in [1.29, 1.82) is 0 Å². The van der Waals surface area contributed by atoms with Crippen LogP contribution in [0, 0.1) is 12.3 Å². The molecule has 0 heterocycles. The monoisotopic (exact) mass is 115 g/mol. The number of hydrogen-bond acceptors (Lipinski definition) is 2. The predicted octanol–water partition coefficient (Wildman–Crippen LogP) is 0.134. The molecule has 0 saturated heterocycles. The van der Waals surface area contributed by atoms with Crippen LogP contribution in [0.15, 0.2) is 0 Å². The fourth-order valence-corrected chi connectivity index (χ4v) is 0.372. The smallest absolute Gasteiger partial charge is 0.000854 e. The van der Waals surface area contributed by atoms with Gasteiger partial charge >= 0.3 is 0 Å². The zero-order valence-corrected chi connectivity index (χ0v) is 5.48. The van der Waals surface area contributed by atoms with Gasteiger partial charge in [-0.3, -0.25) is 0 Å².